The Balaban J connectivity index is 1.34. The molecule has 6 nitrogen and oxygen atoms in total. The fourth-order valence-corrected chi connectivity index (χ4v) is 3.16. The first-order valence-electron chi connectivity index (χ1n) is 8.24. The number of imidazole rings is 1. The first-order valence-corrected chi connectivity index (χ1v) is 9.23. The largest absolute Gasteiger partial charge is 0.484 e. The maximum atomic E-state index is 5.65. The zero-order valence-electron chi connectivity index (χ0n) is 14.5. The number of benzene rings is 1. The molecule has 0 saturated carbocycles. The van der Waals surface area contributed by atoms with Crippen LogP contribution in [0, 0.1) is 13.8 Å². The highest BCUT2D eigenvalue weighted by Crippen LogP contribution is 2.22. The second-order valence-corrected chi connectivity index (χ2v) is 6.98. The van der Waals surface area contributed by atoms with E-state index in [0.717, 1.165) is 17.1 Å². The van der Waals surface area contributed by atoms with E-state index in [4.69, 9.17) is 9.15 Å². The summed E-state index contributed by atoms with van der Waals surface area (Å²) < 4.78 is 13.3. The van der Waals surface area contributed by atoms with E-state index in [2.05, 4.69) is 34.4 Å². The molecule has 0 fully saturated rings. The van der Waals surface area contributed by atoms with Gasteiger partial charge in [-0.15, -0.1) is 10.2 Å². The van der Waals surface area contributed by atoms with Crippen LogP contribution in [-0.2, 0) is 12.4 Å². The van der Waals surface area contributed by atoms with Gasteiger partial charge in [0.15, 0.2) is 6.61 Å². The van der Waals surface area contributed by atoms with Gasteiger partial charge in [0.1, 0.15) is 11.4 Å². The predicted molar refractivity (Wildman–Crippen MR) is 99.3 cm³/mol. The Bertz CT molecular complexity index is 1020. The maximum absolute atomic E-state index is 5.65. The molecule has 0 bridgehead atoms. The molecular weight excluding hydrogens is 348 g/mol. The minimum atomic E-state index is 0.254. The lowest BCUT2D eigenvalue weighted by atomic mass is 10.2. The van der Waals surface area contributed by atoms with Crippen LogP contribution in [0.25, 0.3) is 5.65 Å². The van der Waals surface area contributed by atoms with E-state index in [-0.39, 0.29) is 6.61 Å². The van der Waals surface area contributed by atoms with Crippen molar-refractivity contribution in [3.05, 3.63) is 71.5 Å². The van der Waals surface area contributed by atoms with Gasteiger partial charge in [0, 0.05) is 18.1 Å². The van der Waals surface area contributed by atoms with Crippen molar-refractivity contribution in [2.75, 3.05) is 0 Å². The monoisotopic (exact) mass is 366 g/mol. The van der Waals surface area contributed by atoms with Crippen molar-refractivity contribution >= 4 is 17.4 Å². The van der Waals surface area contributed by atoms with Crippen LogP contribution in [0.3, 0.4) is 0 Å². The molecule has 0 N–H and O–H groups in total. The smallest absolute Gasteiger partial charge is 0.277 e. The molecule has 0 aliphatic carbocycles. The Hall–Kier alpha value is -2.80. The third-order valence-corrected chi connectivity index (χ3v) is 4.68. The van der Waals surface area contributed by atoms with Crippen LogP contribution in [-0.4, -0.2) is 19.6 Å². The second kappa shape index (κ2) is 7.21. The van der Waals surface area contributed by atoms with Gasteiger partial charge in [-0.1, -0.05) is 35.5 Å². The van der Waals surface area contributed by atoms with Gasteiger partial charge in [-0.25, -0.2) is 4.98 Å². The fraction of sp³-hybridized carbons (Fsp3) is 0.211. The van der Waals surface area contributed by atoms with Crippen molar-refractivity contribution in [1.29, 1.82) is 0 Å². The molecule has 0 aliphatic heterocycles. The van der Waals surface area contributed by atoms with Crippen molar-refractivity contribution in [3.63, 3.8) is 0 Å². The number of hydrogen-bond acceptors (Lipinski definition) is 6. The molecule has 3 aromatic heterocycles. The molecule has 0 amide bonds. The standard InChI is InChI=1S/C19H18N4O2S/c1-13-3-6-16(7-4-13)24-11-18-21-22-19(25-18)26-12-15-10-23-9-14(2)5-8-17(23)20-15/h3-10H,11-12H2,1-2H3. The number of aromatic nitrogens is 4. The number of nitrogens with zero attached hydrogens (tertiary/aromatic N) is 4. The maximum Gasteiger partial charge on any atom is 0.277 e. The Morgan fingerprint density at radius 1 is 1.00 bits per heavy atom. The molecule has 0 spiro atoms. The number of hydrogen-bond donors (Lipinski definition) is 0. The van der Waals surface area contributed by atoms with E-state index in [0.29, 0.717) is 16.9 Å². The Labute approximate surface area is 155 Å². The molecule has 0 radical (unpaired) electrons. The van der Waals surface area contributed by atoms with Crippen LogP contribution in [0.5, 0.6) is 5.75 Å². The average molecular weight is 366 g/mol. The summed E-state index contributed by atoms with van der Waals surface area (Å²) in [5.74, 6) is 1.91. The van der Waals surface area contributed by atoms with Crippen molar-refractivity contribution in [2.24, 2.45) is 0 Å². The van der Waals surface area contributed by atoms with Crippen LogP contribution in [0.2, 0.25) is 0 Å². The summed E-state index contributed by atoms with van der Waals surface area (Å²) in [6.45, 7) is 4.35. The SMILES string of the molecule is Cc1ccc(OCc2nnc(SCc3cn4cc(C)ccc4n3)o2)cc1. The second-order valence-electron chi connectivity index (χ2n) is 6.06. The third kappa shape index (κ3) is 3.88. The lowest BCUT2D eigenvalue weighted by Gasteiger charge is -2.02. The molecule has 0 atom stereocenters. The van der Waals surface area contributed by atoms with Gasteiger partial charge in [-0.2, -0.15) is 0 Å². The van der Waals surface area contributed by atoms with Crippen LogP contribution in [0.1, 0.15) is 22.7 Å². The summed E-state index contributed by atoms with van der Waals surface area (Å²) in [5, 5.41) is 8.60. The summed E-state index contributed by atoms with van der Waals surface area (Å²) in [5.41, 5.74) is 4.29. The lowest BCUT2D eigenvalue weighted by Crippen LogP contribution is -1.95. The summed E-state index contributed by atoms with van der Waals surface area (Å²) in [6, 6.07) is 11.9. The molecule has 0 unspecified atom stereocenters. The van der Waals surface area contributed by atoms with E-state index in [9.17, 15) is 0 Å². The molecule has 132 valence electrons. The first-order chi connectivity index (χ1) is 12.7. The highest BCUT2D eigenvalue weighted by Gasteiger charge is 2.09. The van der Waals surface area contributed by atoms with Gasteiger partial charge in [0.25, 0.3) is 11.1 Å². The van der Waals surface area contributed by atoms with Gasteiger partial charge in [-0.05, 0) is 37.6 Å². The van der Waals surface area contributed by atoms with E-state index >= 15 is 0 Å². The highest BCUT2D eigenvalue weighted by molar-refractivity contribution is 7.98. The molecule has 1 aromatic carbocycles. The van der Waals surface area contributed by atoms with Gasteiger partial charge in [0.2, 0.25) is 0 Å². The topological polar surface area (TPSA) is 65.5 Å². The van der Waals surface area contributed by atoms with Crippen LogP contribution in [0.15, 0.2) is 58.4 Å². The molecule has 0 aliphatic rings. The summed E-state index contributed by atoms with van der Waals surface area (Å²) in [6.07, 6.45) is 4.08. The molecule has 0 saturated heterocycles. The molecule has 7 heteroatoms. The molecule has 3 heterocycles. The van der Waals surface area contributed by atoms with E-state index in [1.54, 1.807) is 0 Å². The van der Waals surface area contributed by atoms with Gasteiger partial charge in [-0.3, -0.25) is 0 Å². The van der Waals surface area contributed by atoms with E-state index in [1.807, 2.05) is 47.9 Å². The molecular formula is C19H18N4O2S. The van der Waals surface area contributed by atoms with E-state index in [1.165, 1.54) is 22.9 Å². The van der Waals surface area contributed by atoms with Gasteiger partial charge < -0.3 is 13.6 Å². The zero-order chi connectivity index (χ0) is 17.9. The van der Waals surface area contributed by atoms with Crippen molar-refractivity contribution < 1.29 is 9.15 Å². The van der Waals surface area contributed by atoms with Gasteiger partial charge in [0.05, 0.1) is 5.69 Å². The van der Waals surface area contributed by atoms with Crippen molar-refractivity contribution in [2.45, 2.75) is 31.4 Å². The predicted octanol–water partition coefficient (Wildman–Crippen LogP) is 4.21. The molecule has 4 rings (SSSR count). The Morgan fingerprint density at radius 2 is 1.81 bits per heavy atom. The van der Waals surface area contributed by atoms with Crippen LogP contribution < -0.4 is 4.74 Å². The van der Waals surface area contributed by atoms with Gasteiger partial charge >= 0.3 is 0 Å². The number of fused-ring (bicyclic) bond motifs is 1. The van der Waals surface area contributed by atoms with E-state index < -0.39 is 0 Å². The minimum Gasteiger partial charge on any atom is -0.484 e. The summed E-state index contributed by atoms with van der Waals surface area (Å²) in [7, 11) is 0. The van der Waals surface area contributed by atoms with Crippen molar-refractivity contribution in [3.8, 4) is 5.75 Å². The minimum absolute atomic E-state index is 0.254. The normalized spacial score (nSPS) is 11.2. The fourth-order valence-electron chi connectivity index (χ4n) is 2.50. The molecule has 4 aromatic rings. The Morgan fingerprint density at radius 3 is 2.65 bits per heavy atom. The third-order valence-electron chi connectivity index (χ3n) is 3.82. The lowest BCUT2D eigenvalue weighted by molar-refractivity contribution is 0.252. The van der Waals surface area contributed by atoms with Crippen LogP contribution >= 0.6 is 11.8 Å². The van der Waals surface area contributed by atoms with Crippen LogP contribution in [0.4, 0.5) is 0 Å². The highest BCUT2D eigenvalue weighted by atomic mass is 32.2. The number of thioether (sulfide) groups is 1. The summed E-state index contributed by atoms with van der Waals surface area (Å²) >= 11 is 1.47. The number of pyridine rings is 1. The quantitative estimate of drug-likeness (QED) is 0.476. The number of ether oxygens (including phenoxy) is 1. The zero-order valence-corrected chi connectivity index (χ0v) is 15.4. The average Bonchev–Trinajstić information content (AvgIpc) is 3.25. The molecule has 26 heavy (non-hydrogen) atoms. The van der Waals surface area contributed by atoms with Crippen molar-refractivity contribution in [1.82, 2.24) is 19.6 Å². The Kier molecular flexibility index (Phi) is 4.62. The number of rotatable bonds is 6. The number of aryl methyl sites for hydroxylation is 2. The first kappa shape index (κ1) is 16.7. The summed E-state index contributed by atoms with van der Waals surface area (Å²) in [4.78, 5) is 4.59.